The zero-order valence-electron chi connectivity index (χ0n) is 13.5. The van der Waals surface area contributed by atoms with Crippen LogP contribution in [0.1, 0.15) is 26.4 Å². The maximum absolute atomic E-state index is 12.7. The van der Waals surface area contributed by atoms with Gasteiger partial charge >= 0.3 is 0 Å². The van der Waals surface area contributed by atoms with Gasteiger partial charge in [0, 0.05) is 18.8 Å². The van der Waals surface area contributed by atoms with E-state index in [0.717, 1.165) is 16.3 Å². The van der Waals surface area contributed by atoms with E-state index < -0.39 is 0 Å². The molecule has 1 heterocycles. The number of rotatable bonds is 3. The van der Waals surface area contributed by atoms with Crippen molar-refractivity contribution >= 4 is 28.3 Å². The fraction of sp³-hybridized carbons (Fsp3) is 0.105. The second-order valence-electron chi connectivity index (χ2n) is 5.41. The number of carbonyl (C=O) groups excluding carboxylic acids is 2. The second-order valence-corrected chi connectivity index (χ2v) is 5.41. The molecule has 0 fully saturated rings. The molecule has 120 valence electrons. The first-order valence-electron chi connectivity index (χ1n) is 7.58. The van der Waals surface area contributed by atoms with Gasteiger partial charge in [-0.15, -0.1) is 0 Å². The average Bonchev–Trinajstić information content (AvgIpc) is 2.62. The summed E-state index contributed by atoms with van der Waals surface area (Å²) in [6, 6.07) is 14.8. The molecule has 2 amide bonds. The zero-order chi connectivity index (χ0) is 17.1. The molecule has 0 unspecified atom stereocenters. The summed E-state index contributed by atoms with van der Waals surface area (Å²) in [5.74, 6) is -0.621. The maximum Gasteiger partial charge on any atom is 0.271 e. The van der Waals surface area contributed by atoms with Gasteiger partial charge in [-0.2, -0.15) is 0 Å². The highest BCUT2D eigenvalue weighted by atomic mass is 16.2. The number of hydrogen-bond donors (Lipinski definition) is 2. The highest BCUT2D eigenvalue weighted by Crippen LogP contribution is 2.23. The molecule has 1 aromatic heterocycles. The lowest BCUT2D eigenvalue weighted by Crippen LogP contribution is -2.22. The normalized spacial score (nSPS) is 10.4. The number of fused-ring (bicyclic) bond motifs is 1. The largest absolute Gasteiger partial charge is 0.354 e. The molecule has 3 aromatic rings. The summed E-state index contributed by atoms with van der Waals surface area (Å²) in [7, 11) is 1.52. The monoisotopic (exact) mass is 319 g/mol. The summed E-state index contributed by atoms with van der Waals surface area (Å²) in [6.07, 6.45) is 1.52. The van der Waals surface area contributed by atoms with Gasteiger partial charge in [-0.3, -0.25) is 9.59 Å². The van der Waals surface area contributed by atoms with Crippen molar-refractivity contribution in [2.45, 2.75) is 6.92 Å². The van der Waals surface area contributed by atoms with E-state index in [4.69, 9.17) is 0 Å². The molecule has 24 heavy (non-hydrogen) atoms. The molecule has 0 spiro atoms. The predicted octanol–water partition coefficient (Wildman–Crippen LogP) is 3.16. The number of aromatic nitrogens is 1. The first-order valence-corrected chi connectivity index (χ1v) is 7.58. The number of benzene rings is 2. The van der Waals surface area contributed by atoms with E-state index in [9.17, 15) is 9.59 Å². The zero-order valence-corrected chi connectivity index (χ0v) is 13.5. The molecule has 0 radical (unpaired) electrons. The van der Waals surface area contributed by atoms with Crippen molar-refractivity contribution < 1.29 is 9.59 Å². The molecule has 5 heteroatoms. The molecular formula is C19H17N3O2. The number of carbonyl (C=O) groups is 2. The molecule has 0 aliphatic rings. The van der Waals surface area contributed by atoms with Gasteiger partial charge in [0.15, 0.2) is 5.69 Å². The lowest BCUT2D eigenvalue weighted by Gasteiger charge is -2.11. The van der Waals surface area contributed by atoms with Gasteiger partial charge < -0.3 is 10.6 Å². The number of nitrogens with one attached hydrogen (secondary N) is 2. The van der Waals surface area contributed by atoms with Crippen LogP contribution in [-0.4, -0.2) is 23.8 Å². The third kappa shape index (κ3) is 2.84. The van der Waals surface area contributed by atoms with Crippen LogP contribution in [0.2, 0.25) is 0 Å². The number of hydrogen-bond acceptors (Lipinski definition) is 3. The van der Waals surface area contributed by atoms with Crippen molar-refractivity contribution in [1.29, 1.82) is 0 Å². The summed E-state index contributed by atoms with van der Waals surface area (Å²) in [5, 5.41) is 7.22. The summed E-state index contributed by atoms with van der Waals surface area (Å²) in [6.45, 7) is 2.01. The molecule has 0 aliphatic heterocycles. The van der Waals surface area contributed by atoms with Gasteiger partial charge in [-0.05, 0) is 41.5 Å². The van der Waals surface area contributed by atoms with E-state index in [1.165, 1.54) is 13.2 Å². The van der Waals surface area contributed by atoms with Crippen LogP contribution < -0.4 is 10.6 Å². The Hall–Kier alpha value is -3.21. The van der Waals surface area contributed by atoms with Gasteiger partial charge in [-0.1, -0.05) is 30.3 Å². The first-order chi connectivity index (χ1) is 11.6. The standard InChI is InChI=1S/C19H17N3O2/c1-12-9-10-15(14-7-4-3-6-13(12)14)18(23)22-16-8-5-11-21-17(16)19(24)20-2/h3-11H,1-2H3,(H,20,24)(H,22,23). The Bertz CT molecular complexity index is 935. The lowest BCUT2D eigenvalue weighted by atomic mass is 10.00. The van der Waals surface area contributed by atoms with Crippen LogP contribution in [0.15, 0.2) is 54.7 Å². The van der Waals surface area contributed by atoms with E-state index in [1.807, 2.05) is 37.3 Å². The Morgan fingerprint density at radius 3 is 2.42 bits per heavy atom. The van der Waals surface area contributed by atoms with Crippen molar-refractivity contribution in [3.05, 3.63) is 71.5 Å². The third-order valence-electron chi connectivity index (χ3n) is 3.88. The molecule has 0 bridgehead atoms. The molecule has 5 nitrogen and oxygen atoms in total. The lowest BCUT2D eigenvalue weighted by molar-refractivity contribution is 0.0959. The molecule has 0 saturated heterocycles. The molecule has 2 N–H and O–H groups in total. The minimum atomic E-state index is -0.348. The Morgan fingerprint density at radius 1 is 0.917 bits per heavy atom. The predicted molar refractivity (Wildman–Crippen MR) is 94.3 cm³/mol. The average molecular weight is 319 g/mol. The van der Waals surface area contributed by atoms with Crippen LogP contribution >= 0.6 is 0 Å². The van der Waals surface area contributed by atoms with Crippen molar-refractivity contribution in [2.24, 2.45) is 0 Å². The Morgan fingerprint density at radius 2 is 1.67 bits per heavy atom. The first kappa shape index (κ1) is 15.7. The molecule has 0 atom stereocenters. The van der Waals surface area contributed by atoms with Crippen molar-refractivity contribution in [3.8, 4) is 0 Å². The van der Waals surface area contributed by atoms with Gasteiger partial charge in [0.1, 0.15) is 0 Å². The van der Waals surface area contributed by atoms with E-state index in [-0.39, 0.29) is 17.5 Å². The van der Waals surface area contributed by atoms with E-state index in [0.29, 0.717) is 11.3 Å². The van der Waals surface area contributed by atoms with Crippen LogP contribution in [0, 0.1) is 6.92 Å². The molecule has 0 aliphatic carbocycles. The minimum absolute atomic E-state index is 0.185. The van der Waals surface area contributed by atoms with Gasteiger partial charge in [0.2, 0.25) is 0 Å². The summed E-state index contributed by atoms with van der Waals surface area (Å²) in [4.78, 5) is 28.7. The number of anilines is 1. The quantitative estimate of drug-likeness (QED) is 0.779. The third-order valence-corrected chi connectivity index (χ3v) is 3.88. The number of amides is 2. The van der Waals surface area contributed by atoms with Crippen LogP contribution in [0.25, 0.3) is 10.8 Å². The van der Waals surface area contributed by atoms with Gasteiger partial charge in [0.05, 0.1) is 5.69 Å². The second kappa shape index (κ2) is 6.50. The van der Waals surface area contributed by atoms with E-state index in [1.54, 1.807) is 18.2 Å². The van der Waals surface area contributed by atoms with E-state index in [2.05, 4.69) is 15.6 Å². The van der Waals surface area contributed by atoms with Gasteiger partial charge in [0.25, 0.3) is 11.8 Å². The Labute approximate surface area is 139 Å². The molecular weight excluding hydrogens is 302 g/mol. The van der Waals surface area contributed by atoms with Crippen LogP contribution in [0.4, 0.5) is 5.69 Å². The maximum atomic E-state index is 12.7. The molecule has 3 rings (SSSR count). The van der Waals surface area contributed by atoms with Gasteiger partial charge in [-0.25, -0.2) is 4.98 Å². The van der Waals surface area contributed by atoms with Crippen molar-refractivity contribution in [2.75, 3.05) is 12.4 Å². The number of nitrogens with zero attached hydrogens (tertiary/aromatic N) is 1. The summed E-state index contributed by atoms with van der Waals surface area (Å²) < 4.78 is 0. The summed E-state index contributed by atoms with van der Waals surface area (Å²) >= 11 is 0. The van der Waals surface area contributed by atoms with Crippen LogP contribution in [0.3, 0.4) is 0 Å². The van der Waals surface area contributed by atoms with Crippen molar-refractivity contribution in [3.63, 3.8) is 0 Å². The van der Waals surface area contributed by atoms with Crippen molar-refractivity contribution in [1.82, 2.24) is 10.3 Å². The molecule has 0 saturated carbocycles. The molecule has 2 aromatic carbocycles. The summed E-state index contributed by atoms with van der Waals surface area (Å²) in [5.41, 5.74) is 2.23. The highest BCUT2D eigenvalue weighted by Gasteiger charge is 2.16. The smallest absolute Gasteiger partial charge is 0.271 e. The minimum Gasteiger partial charge on any atom is -0.354 e. The van der Waals surface area contributed by atoms with E-state index >= 15 is 0 Å². The van der Waals surface area contributed by atoms with Crippen LogP contribution in [-0.2, 0) is 0 Å². The SMILES string of the molecule is CNC(=O)c1ncccc1NC(=O)c1ccc(C)c2ccccc12. The Balaban J connectivity index is 2.01. The number of pyridine rings is 1. The topological polar surface area (TPSA) is 71.1 Å². The fourth-order valence-corrected chi connectivity index (χ4v) is 2.64. The number of aryl methyl sites for hydroxylation is 1. The van der Waals surface area contributed by atoms with Crippen LogP contribution in [0.5, 0.6) is 0 Å². The highest BCUT2D eigenvalue weighted by molar-refractivity contribution is 6.14. The fourth-order valence-electron chi connectivity index (χ4n) is 2.64. The Kier molecular flexibility index (Phi) is 4.24.